The van der Waals surface area contributed by atoms with E-state index in [0.717, 1.165) is 11.6 Å². The lowest BCUT2D eigenvalue weighted by Gasteiger charge is -2.12. The van der Waals surface area contributed by atoms with Gasteiger partial charge in [0.2, 0.25) is 0 Å². The topological polar surface area (TPSA) is 95.5 Å². The Morgan fingerprint density at radius 1 is 1.29 bits per heavy atom. The molecular weight excluding hydrogens is 272 g/mol. The Bertz CT molecular complexity index is 684. The molecule has 21 heavy (non-hydrogen) atoms. The molecule has 2 aromatic rings. The predicted molar refractivity (Wildman–Crippen MR) is 77.4 cm³/mol. The molecule has 0 aliphatic heterocycles. The average Bonchev–Trinajstić information content (AvgIpc) is 2.47. The summed E-state index contributed by atoms with van der Waals surface area (Å²) in [6.45, 7) is 0. The number of non-ortho nitro benzene ring substituents is 1. The molecule has 6 heteroatoms. The molecule has 0 saturated heterocycles. The number of carbonyl (C=O) groups excluding carboxylic acids is 1. The Balaban J connectivity index is 2.56. The third-order valence-electron chi connectivity index (χ3n) is 3.07. The van der Waals surface area contributed by atoms with E-state index in [1.54, 1.807) is 0 Å². The van der Waals surface area contributed by atoms with E-state index in [1.807, 2.05) is 30.3 Å². The number of primary amides is 1. The van der Waals surface area contributed by atoms with Gasteiger partial charge in [0.1, 0.15) is 5.75 Å². The number of rotatable bonds is 5. The molecule has 0 unspecified atom stereocenters. The summed E-state index contributed by atoms with van der Waals surface area (Å²) in [6.07, 6.45) is 0.409. The Labute approximate surface area is 121 Å². The lowest BCUT2D eigenvalue weighted by atomic mass is 10.00. The van der Waals surface area contributed by atoms with Crippen LogP contribution in [0.3, 0.4) is 0 Å². The van der Waals surface area contributed by atoms with E-state index in [1.165, 1.54) is 13.2 Å². The van der Waals surface area contributed by atoms with Gasteiger partial charge in [-0.25, -0.2) is 0 Å². The van der Waals surface area contributed by atoms with Crippen LogP contribution < -0.4 is 10.5 Å². The summed E-state index contributed by atoms with van der Waals surface area (Å²) in [5, 5.41) is 11.0. The molecule has 0 fully saturated rings. The molecule has 0 aromatic heterocycles. The van der Waals surface area contributed by atoms with E-state index in [0.29, 0.717) is 12.0 Å². The van der Waals surface area contributed by atoms with Crippen LogP contribution in [0, 0.1) is 10.1 Å². The monoisotopic (exact) mass is 286 g/mol. The number of carbonyl (C=O) groups is 1. The fourth-order valence-electron chi connectivity index (χ4n) is 2.15. The van der Waals surface area contributed by atoms with Crippen molar-refractivity contribution >= 4 is 11.6 Å². The fraction of sp³-hybridized carbons (Fsp3) is 0.133. The first kappa shape index (κ1) is 14.5. The Kier molecular flexibility index (Phi) is 4.18. The zero-order chi connectivity index (χ0) is 15.4. The summed E-state index contributed by atoms with van der Waals surface area (Å²) >= 11 is 0. The number of methoxy groups -OCH3 is 1. The van der Waals surface area contributed by atoms with Crippen LogP contribution in [0.5, 0.6) is 5.75 Å². The van der Waals surface area contributed by atoms with E-state index in [4.69, 9.17) is 10.5 Å². The zero-order valence-electron chi connectivity index (χ0n) is 11.4. The summed E-state index contributed by atoms with van der Waals surface area (Å²) in [4.78, 5) is 21.9. The Morgan fingerprint density at radius 3 is 2.48 bits per heavy atom. The highest BCUT2D eigenvalue weighted by Gasteiger charge is 2.20. The van der Waals surface area contributed by atoms with Crippen molar-refractivity contribution < 1.29 is 14.5 Å². The van der Waals surface area contributed by atoms with Crippen LogP contribution in [0.25, 0.3) is 0 Å². The lowest BCUT2D eigenvalue weighted by molar-refractivity contribution is -0.385. The molecule has 2 N–H and O–H groups in total. The van der Waals surface area contributed by atoms with Crippen molar-refractivity contribution in [3.05, 3.63) is 69.3 Å². The number of nitrogens with two attached hydrogens (primary N) is 1. The van der Waals surface area contributed by atoms with Crippen molar-refractivity contribution in [3.63, 3.8) is 0 Å². The standard InChI is InChI=1S/C15H14N2O4/c1-21-14-11(7-10-5-3-2-4-6-10)8-12(17(19)20)9-13(14)15(16)18/h2-6,8-9H,7H2,1H3,(H2,16,18). The summed E-state index contributed by atoms with van der Waals surface area (Å²) in [5.74, 6) is -0.484. The molecule has 108 valence electrons. The maximum absolute atomic E-state index is 11.5. The van der Waals surface area contributed by atoms with Crippen molar-refractivity contribution in [2.24, 2.45) is 5.73 Å². The number of nitro benzene ring substituents is 1. The van der Waals surface area contributed by atoms with Gasteiger partial charge in [0.05, 0.1) is 17.6 Å². The summed E-state index contributed by atoms with van der Waals surface area (Å²) in [5.41, 5.74) is 6.61. The van der Waals surface area contributed by atoms with Gasteiger partial charge in [-0.2, -0.15) is 0 Å². The minimum atomic E-state index is -0.759. The van der Waals surface area contributed by atoms with Gasteiger partial charge < -0.3 is 10.5 Å². The van der Waals surface area contributed by atoms with E-state index in [9.17, 15) is 14.9 Å². The first-order valence-electron chi connectivity index (χ1n) is 6.22. The summed E-state index contributed by atoms with van der Waals surface area (Å²) in [6, 6.07) is 11.9. The van der Waals surface area contributed by atoms with Crippen LogP contribution in [0.1, 0.15) is 21.5 Å². The molecule has 1 amide bonds. The van der Waals surface area contributed by atoms with Gasteiger partial charge >= 0.3 is 0 Å². The van der Waals surface area contributed by atoms with Crippen LogP contribution in [-0.4, -0.2) is 17.9 Å². The number of ether oxygens (including phenoxy) is 1. The number of nitrogens with zero attached hydrogens (tertiary/aromatic N) is 1. The number of benzene rings is 2. The molecular formula is C15H14N2O4. The van der Waals surface area contributed by atoms with Gasteiger partial charge in [-0.3, -0.25) is 14.9 Å². The predicted octanol–water partition coefficient (Wildman–Crippen LogP) is 2.29. The lowest BCUT2D eigenvalue weighted by Crippen LogP contribution is -2.14. The van der Waals surface area contributed by atoms with Crippen molar-refractivity contribution in [1.82, 2.24) is 0 Å². The number of amides is 1. The highest BCUT2D eigenvalue weighted by atomic mass is 16.6. The van der Waals surface area contributed by atoms with Crippen LogP contribution >= 0.6 is 0 Å². The highest BCUT2D eigenvalue weighted by Crippen LogP contribution is 2.30. The van der Waals surface area contributed by atoms with Gasteiger partial charge in [-0.15, -0.1) is 0 Å². The average molecular weight is 286 g/mol. The highest BCUT2D eigenvalue weighted by molar-refractivity contribution is 5.97. The van der Waals surface area contributed by atoms with Gasteiger partial charge in [0, 0.05) is 24.1 Å². The molecule has 0 aliphatic carbocycles. The maximum Gasteiger partial charge on any atom is 0.270 e. The van der Waals surface area contributed by atoms with E-state index < -0.39 is 10.8 Å². The Morgan fingerprint density at radius 2 is 1.95 bits per heavy atom. The van der Waals surface area contributed by atoms with Crippen LogP contribution in [0.4, 0.5) is 5.69 Å². The second-order valence-corrected chi connectivity index (χ2v) is 4.47. The summed E-state index contributed by atoms with van der Waals surface area (Å²) in [7, 11) is 1.40. The van der Waals surface area contributed by atoms with E-state index >= 15 is 0 Å². The van der Waals surface area contributed by atoms with Crippen molar-refractivity contribution in [1.29, 1.82) is 0 Å². The van der Waals surface area contributed by atoms with Gasteiger partial charge in [0.15, 0.2) is 0 Å². The molecule has 0 heterocycles. The molecule has 2 aromatic carbocycles. The largest absolute Gasteiger partial charge is 0.496 e. The molecule has 2 rings (SSSR count). The normalized spacial score (nSPS) is 10.1. The first-order valence-corrected chi connectivity index (χ1v) is 6.22. The van der Waals surface area contributed by atoms with Crippen LogP contribution in [-0.2, 0) is 6.42 Å². The molecule has 6 nitrogen and oxygen atoms in total. The third kappa shape index (κ3) is 3.17. The Hall–Kier alpha value is -2.89. The third-order valence-corrected chi connectivity index (χ3v) is 3.07. The molecule has 0 bridgehead atoms. The van der Waals surface area contributed by atoms with E-state index in [2.05, 4.69) is 0 Å². The van der Waals surface area contributed by atoms with Crippen molar-refractivity contribution in [2.75, 3.05) is 7.11 Å². The number of hydrogen-bond donors (Lipinski definition) is 1. The van der Waals surface area contributed by atoms with E-state index in [-0.39, 0.29) is 17.0 Å². The minimum absolute atomic E-state index is 0.0117. The molecule has 0 radical (unpaired) electrons. The molecule has 0 spiro atoms. The van der Waals surface area contributed by atoms with Gasteiger partial charge in [0.25, 0.3) is 11.6 Å². The molecule has 0 atom stereocenters. The van der Waals surface area contributed by atoms with Gasteiger partial charge in [-0.05, 0) is 5.56 Å². The smallest absolute Gasteiger partial charge is 0.270 e. The maximum atomic E-state index is 11.5. The minimum Gasteiger partial charge on any atom is -0.496 e. The second-order valence-electron chi connectivity index (χ2n) is 4.47. The number of nitro groups is 1. The van der Waals surface area contributed by atoms with Crippen molar-refractivity contribution in [3.8, 4) is 5.75 Å². The SMILES string of the molecule is COc1c(Cc2ccccc2)cc([N+](=O)[O-])cc1C(N)=O. The van der Waals surface area contributed by atoms with Crippen LogP contribution in [0.15, 0.2) is 42.5 Å². The second kappa shape index (κ2) is 6.04. The quantitative estimate of drug-likeness (QED) is 0.673. The first-order chi connectivity index (χ1) is 10.0. The number of hydrogen-bond acceptors (Lipinski definition) is 4. The van der Waals surface area contributed by atoms with Crippen molar-refractivity contribution in [2.45, 2.75) is 6.42 Å². The van der Waals surface area contributed by atoms with Crippen LogP contribution in [0.2, 0.25) is 0 Å². The molecule has 0 aliphatic rings. The summed E-state index contributed by atoms with van der Waals surface area (Å²) < 4.78 is 5.22. The molecule has 0 saturated carbocycles. The fourth-order valence-corrected chi connectivity index (χ4v) is 2.15. The zero-order valence-corrected chi connectivity index (χ0v) is 11.4. The van der Waals surface area contributed by atoms with Gasteiger partial charge in [-0.1, -0.05) is 30.3 Å².